The van der Waals surface area contributed by atoms with E-state index in [9.17, 15) is 29.1 Å². The molecule has 5 atom stereocenters. The molecular weight excluding hydrogens is 360 g/mol. The van der Waals surface area contributed by atoms with Crippen LogP contribution in [-0.2, 0) is 24.0 Å². The van der Waals surface area contributed by atoms with Gasteiger partial charge in [-0.3, -0.25) is 19.2 Å². The van der Waals surface area contributed by atoms with Crippen LogP contribution in [0.5, 0.6) is 0 Å². The number of carboxylic acids is 2. The molecule has 27 heavy (non-hydrogen) atoms. The number of carboxylic acid groups (broad SMARTS) is 2. The summed E-state index contributed by atoms with van der Waals surface area (Å²) in [7, 11) is 0. The largest absolute Gasteiger partial charge is 0.481 e. The number of rotatable bonds is 11. The number of hydrogen-bond acceptors (Lipinski definition) is 6. The number of nitrogens with two attached hydrogens (primary N) is 1. The van der Waals surface area contributed by atoms with Gasteiger partial charge in [0, 0.05) is 0 Å². The lowest BCUT2D eigenvalue weighted by molar-refractivity contribution is -0.144. The standard InChI is InChI=1S/C16H28N4O7/c1-5-7(2)12(16(26)27)20-14(24)9(4)18-15(25)10(6-11(21)22)19-13(23)8(3)17/h7-10,12H,5-6,17H2,1-4H3,(H,18,25)(H,19,23)(H,20,24)(H,21,22)(H,26,27). The van der Waals surface area contributed by atoms with Gasteiger partial charge in [-0.2, -0.15) is 0 Å². The molecule has 11 heteroatoms. The van der Waals surface area contributed by atoms with Crippen LogP contribution in [0.25, 0.3) is 0 Å². The SMILES string of the molecule is CCC(C)C(NC(=O)C(C)NC(=O)C(CC(=O)O)NC(=O)C(C)N)C(=O)O. The van der Waals surface area contributed by atoms with Gasteiger partial charge in [0.2, 0.25) is 17.7 Å². The van der Waals surface area contributed by atoms with Gasteiger partial charge in [0.1, 0.15) is 18.1 Å². The molecule has 0 aliphatic heterocycles. The molecule has 5 unspecified atom stereocenters. The number of aliphatic carboxylic acids is 2. The Balaban J connectivity index is 5.03. The maximum Gasteiger partial charge on any atom is 0.326 e. The van der Waals surface area contributed by atoms with E-state index in [4.69, 9.17) is 10.8 Å². The highest BCUT2D eigenvalue weighted by Crippen LogP contribution is 2.08. The van der Waals surface area contributed by atoms with Gasteiger partial charge in [0.25, 0.3) is 0 Å². The van der Waals surface area contributed by atoms with Crippen LogP contribution >= 0.6 is 0 Å². The van der Waals surface area contributed by atoms with Crippen LogP contribution in [0.2, 0.25) is 0 Å². The Morgan fingerprint density at radius 2 is 1.44 bits per heavy atom. The Hall–Kier alpha value is -2.69. The zero-order valence-electron chi connectivity index (χ0n) is 15.8. The maximum absolute atomic E-state index is 12.2. The third-order valence-corrected chi connectivity index (χ3v) is 3.95. The number of carbonyl (C=O) groups is 5. The van der Waals surface area contributed by atoms with Crippen molar-refractivity contribution < 1.29 is 34.2 Å². The quantitative estimate of drug-likeness (QED) is 0.244. The molecular formula is C16H28N4O7. The minimum absolute atomic E-state index is 0.334. The second-order valence-corrected chi connectivity index (χ2v) is 6.39. The second kappa shape index (κ2) is 11.1. The van der Waals surface area contributed by atoms with Gasteiger partial charge in [-0.25, -0.2) is 4.79 Å². The molecule has 154 valence electrons. The first-order valence-electron chi connectivity index (χ1n) is 8.51. The van der Waals surface area contributed by atoms with E-state index in [2.05, 4.69) is 16.0 Å². The predicted molar refractivity (Wildman–Crippen MR) is 94.5 cm³/mol. The lowest BCUT2D eigenvalue weighted by atomic mass is 9.99. The van der Waals surface area contributed by atoms with Gasteiger partial charge >= 0.3 is 11.9 Å². The number of amides is 3. The van der Waals surface area contributed by atoms with Crippen molar-refractivity contribution in [2.24, 2.45) is 11.7 Å². The van der Waals surface area contributed by atoms with E-state index < -0.39 is 60.2 Å². The van der Waals surface area contributed by atoms with Crippen molar-refractivity contribution in [2.45, 2.75) is 64.7 Å². The highest BCUT2D eigenvalue weighted by Gasteiger charge is 2.30. The van der Waals surface area contributed by atoms with Crippen molar-refractivity contribution in [1.29, 1.82) is 0 Å². The van der Waals surface area contributed by atoms with Crippen molar-refractivity contribution >= 4 is 29.7 Å². The topological polar surface area (TPSA) is 188 Å². The molecule has 0 aromatic rings. The fourth-order valence-electron chi connectivity index (χ4n) is 2.03. The molecule has 3 amide bonds. The Bertz CT molecular complexity index is 579. The maximum atomic E-state index is 12.2. The van der Waals surface area contributed by atoms with Gasteiger partial charge in [0.15, 0.2) is 0 Å². The van der Waals surface area contributed by atoms with Gasteiger partial charge in [-0.05, 0) is 19.8 Å². The summed E-state index contributed by atoms with van der Waals surface area (Å²) in [6.07, 6.45) is -0.189. The summed E-state index contributed by atoms with van der Waals surface area (Å²) >= 11 is 0. The third kappa shape index (κ3) is 8.49. The van der Waals surface area contributed by atoms with Gasteiger partial charge in [-0.15, -0.1) is 0 Å². The van der Waals surface area contributed by atoms with E-state index >= 15 is 0 Å². The number of hydrogen-bond donors (Lipinski definition) is 6. The summed E-state index contributed by atoms with van der Waals surface area (Å²) in [6, 6.07) is -4.66. The molecule has 0 aliphatic rings. The molecule has 0 spiro atoms. The molecule has 0 aromatic carbocycles. The van der Waals surface area contributed by atoms with Crippen LogP contribution in [0.4, 0.5) is 0 Å². The molecule has 0 radical (unpaired) electrons. The summed E-state index contributed by atoms with van der Waals surface area (Å²) in [5.74, 6) is -5.24. The lowest BCUT2D eigenvalue weighted by Gasteiger charge is -2.24. The highest BCUT2D eigenvalue weighted by molar-refractivity contribution is 5.95. The summed E-state index contributed by atoms with van der Waals surface area (Å²) in [4.78, 5) is 58.2. The fraction of sp³-hybridized carbons (Fsp3) is 0.688. The molecule has 0 saturated carbocycles. The Morgan fingerprint density at radius 1 is 0.889 bits per heavy atom. The van der Waals surface area contributed by atoms with Gasteiger partial charge in [-0.1, -0.05) is 20.3 Å². The Morgan fingerprint density at radius 3 is 1.85 bits per heavy atom. The minimum Gasteiger partial charge on any atom is -0.481 e. The zero-order chi connectivity index (χ0) is 21.3. The minimum atomic E-state index is -1.43. The summed E-state index contributed by atoms with van der Waals surface area (Å²) in [6.45, 7) is 6.11. The van der Waals surface area contributed by atoms with E-state index in [0.29, 0.717) is 6.42 Å². The first kappa shape index (κ1) is 24.3. The third-order valence-electron chi connectivity index (χ3n) is 3.95. The predicted octanol–water partition coefficient (Wildman–Crippen LogP) is -1.59. The van der Waals surface area contributed by atoms with Crippen LogP contribution in [-0.4, -0.2) is 64.0 Å². The molecule has 0 rings (SSSR count). The molecule has 0 heterocycles. The van der Waals surface area contributed by atoms with Crippen molar-refractivity contribution in [2.75, 3.05) is 0 Å². The number of carbonyl (C=O) groups excluding carboxylic acids is 3. The van der Waals surface area contributed by atoms with Crippen LogP contribution in [0, 0.1) is 5.92 Å². The summed E-state index contributed by atoms with van der Waals surface area (Å²) in [5, 5.41) is 24.9. The second-order valence-electron chi connectivity index (χ2n) is 6.39. The van der Waals surface area contributed by atoms with Gasteiger partial charge < -0.3 is 31.9 Å². The molecule has 0 fully saturated rings. The van der Waals surface area contributed by atoms with E-state index in [1.54, 1.807) is 13.8 Å². The molecule has 0 aliphatic carbocycles. The van der Waals surface area contributed by atoms with Crippen LogP contribution in [0.3, 0.4) is 0 Å². The summed E-state index contributed by atoms with van der Waals surface area (Å²) < 4.78 is 0. The van der Waals surface area contributed by atoms with Crippen molar-refractivity contribution in [3.05, 3.63) is 0 Å². The van der Waals surface area contributed by atoms with E-state index in [-0.39, 0.29) is 5.92 Å². The normalized spacial score (nSPS) is 16.2. The average Bonchev–Trinajstić information content (AvgIpc) is 2.56. The van der Waals surface area contributed by atoms with Crippen molar-refractivity contribution in [1.82, 2.24) is 16.0 Å². The van der Waals surface area contributed by atoms with E-state index in [1.807, 2.05) is 0 Å². The van der Waals surface area contributed by atoms with Crippen LogP contribution in [0.15, 0.2) is 0 Å². The van der Waals surface area contributed by atoms with Crippen LogP contribution in [0.1, 0.15) is 40.5 Å². The molecule has 0 aromatic heterocycles. The zero-order valence-corrected chi connectivity index (χ0v) is 15.8. The first-order valence-corrected chi connectivity index (χ1v) is 8.51. The van der Waals surface area contributed by atoms with Crippen molar-refractivity contribution in [3.8, 4) is 0 Å². The Kier molecular flexibility index (Phi) is 10.0. The molecule has 0 bridgehead atoms. The average molecular weight is 388 g/mol. The monoisotopic (exact) mass is 388 g/mol. The summed E-state index contributed by atoms with van der Waals surface area (Å²) in [5.41, 5.74) is 5.38. The fourth-order valence-corrected chi connectivity index (χ4v) is 2.03. The molecule has 7 N–H and O–H groups in total. The van der Waals surface area contributed by atoms with Crippen LogP contribution < -0.4 is 21.7 Å². The van der Waals surface area contributed by atoms with Gasteiger partial charge in [0.05, 0.1) is 12.5 Å². The number of nitrogens with one attached hydrogen (secondary N) is 3. The smallest absolute Gasteiger partial charge is 0.326 e. The van der Waals surface area contributed by atoms with Crippen molar-refractivity contribution in [3.63, 3.8) is 0 Å². The lowest BCUT2D eigenvalue weighted by Crippen LogP contribution is -2.57. The Labute approximate surface area is 157 Å². The molecule has 0 saturated heterocycles. The molecule has 11 nitrogen and oxygen atoms in total. The van der Waals surface area contributed by atoms with E-state index in [1.165, 1.54) is 13.8 Å². The highest BCUT2D eigenvalue weighted by atomic mass is 16.4. The first-order chi connectivity index (χ1) is 12.4. The van der Waals surface area contributed by atoms with E-state index in [0.717, 1.165) is 0 Å².